The van der Waals surface area contributed by atoms with Crippen LogP contribution in [0.15, 0.2) is 18.3 Å². The van der Waals surface area contributed by atoms with Crippen molar-refractivity contribution in [2.24, 2.45) is 5.92 Å². The van der Waals surface area contributed by atoms with E-state index in [2.05, 4.69) is 9.88 Å². The molecule has 0 N–H and O–H groups in total. The van der Waals surface area contributed by atoms with Crippen molar-refractivity contribution in [1.29, 1.82) is 0 Å². The third kappa shape index (κ3) is 3.07. The van der Waals surface area contributed by atoms with E-state index in [0.717, 1.165) is 31.2 Å². The van der Waals surface area contributed by atoms with Crippen LogP contribution in [0.5, 0.6) is 0 Å². The molecule has 0 bridgehead atoms. The molecule has 3 aliphatic rings. The average Bonchev–Trinajstić information content (AvgIpc) is 3.24. The van der Waals surface area contributed by atoms with Crippen molar-refractivity contribution in [2.75, 3.05) is 32.8 Å². The van der Waals surface area contributed by atoms with Crippen molar-refractivity contribution in [2.45, 2.75) is 44.8 Å². The number of likely N-dealkylation sites (tertiary alicyclic amines) is 1. The van der Waals surface area contributed by atoms with Crippen molar-refractivity contribution in [3.05, 3.63) is 29.6 Å². The molecular weight excluding hydrogens is 302 g/mol. The fourth-order valence-corrected chi connectivity index (χ4v) is 4.53. The summed E-state index contributed by atoms with van der Waals surface area (Å²) >= 11 is 0. The number of hydrogen-bond donors (Lipinski definition) is 0. The standard InChI is InChI=1S/C19H27N3O2/c1-14-5-4-8-20-18(14)19(23)22-12-16-17(13-22)24-10-9-21(16)11-15-6-2-3-7-15/h4-5,8,15-17H,2-3,6-7,9-13H2,1H3/t16-,17-/m0/s1. The Hall–Kier alpha value is -1.46. The van der Waals surface area contributed by atoms with Crippen LogP contribution in [-0.4, -0.2) is 65.6 Å². The molecule has 130 valence electrons. The predicted molar refractivity (Wildman–Crippen MR) is 91.9 cm³/mol. The Morgan fingerprint density at radius 3 is 2.96 bits per heavy atom. The second kappa shape index (κ2) is 6.81. The lowest BCUT2D eigenvalue weighted by Gasteiger charge is -2.38. The molecule has 2 saturated heterocycles. The molecule has 24 heavy (non-hydrogen) atoms. The molecule has 1 aromatic heterocycles. The van der Waals surface area contributed by atoms with Crippen LogP contribution in [0.3, 0.4) is 0 Å². The normalized spacial score (nSPS) is 28.3. The summed E-state index contributed by atoms with van der Waals surface area (Å²) in [5.74, 6) is 0.887. The Morgan fingerprint density at radius 2 is 2.17 bits per heavy atom. The van der Waals surface area contributed by atoms with E-state index in [1.165, 1.54) is 32.2 Å². The van der Waals surface area contributed by atoms with Gasteiger partial charge in [0.05, 0.1) is 18.8 Å². The van der Waals surface area contributed by atoms with E-state index < -0.39 is 0 Å². The zero-order chi connectivity index (χ0) is 16.5. The lowest BCUT2D eigenvalue weighted by molar-refractivity contribution is -0.0516. The lowest BCUT2D eigenvalue weighted by atomic mass is 10.0. The van der Waals surface area contributed by atoms with Gasteiger partial charge in [-0.25, -0.2) is 0 Å². The topological polar surface area (TPSA) is 45.7 Å². The largest absolute Gasteiger partial charge is 0.373 e. The van der Waals surface area contributed by atoms with Gasteiger partial charge in [0.15, 0.2) is 0 Å². The monoisotopic (exact) mass is 329 g/mol. The van der Waals surface area contributed by atoms with Gasteiger partial charge in [-0.05, 0) is 37.3 Å². The van der Waals surface area contributed by atoms with E-state index >= 15 is 0 Å². The summed E-state index contributed by atoms with van der Waals surface area (Å²) in [5, 5.41) is 0. The molecule has 0 radical (unpaired) electrons. The Labute approximate surface area is 144 Å². The minimum absolute atomic E-state index is 0.0481. The molecule has 2 aliphatic heterocycles. The molecule has 5 heteroatoms. The summed E-state index contributed by atoms with van der Waals surface area (Å²) in [7, 11) is 0. The summed E-state index contributed by atoms with van der Waals surface area (Å²) in [4.78, 5) is 21.7. The van der Waals surface area contributed by atoms with Crippen molar-refractivity contribution < 1.29 is 9.53 Å². The van der Waals surface area contributed by atoms with E-state index in [1.807, 2.05) is 24.0 Å². The number of pyridine rings is 1. The maximum absolute atomic E-state index is 12.9. The molecule has 1 amide bonds. The van der Waals surface area contributed by atoms with Gasteiger partial charge in [-0.3, -0.25) is 14.7 Å². The van der Waals surface area contributed by atoms with E-state index in [-0.39, 0.29) is 12.0 Å². The second-order valence-electron chi connectivity index (χ2n) is 7.50. The number of rotatable bonds is 3. The predicted octanol–water partition coefficient (Wildman–Crippen LogP) is 2.11. The Morgan fingerprint density at radius 1 is 1.33 bits per heavy atom. The van der Waals surface area contributed by atoms with Gasteiger partial charge < -0.3 is 9.64 Å². The molecule has 1 aromatic rings. The van der Waals surface area contributed by atoms with Crippen molar-refractivity contribution in [1.82, 2.24) is 14.8 Å². The van der Waals surface area contributed by atoms with Crippen LogP contribution < -0.4 is 0 Å². The van der Waals surface area contributed by atoms with E-state index in [1.54, 1.807) is 6.20 Å². The van der Waals surface area contributed by atoms with Crippen LogP contribution in [0, 0.1) is 12.8 Å². The Kier molecular flexibility index (Phi) is 4.55. The first kappa shape index (κ1) is 16.0. The number of nitrogens with zero attached hydrogens (tertiary/aromatic N) is 3. The number of aromatic nitrogens is 1. The molecule has 0 unspecified atom stereocenters. The third-order valence-electron chi connectivity index (χ3n) is 5.88. The quantitative estimate of drug-likeness (QED) is 0.852. The number of morpholine rings is 1. The fourth-order valence-electron chi connectivity index (χ4n) is 4.53. The Balaban J connectivity index is 1.45. The van der Waals surface area contributed by atoms with Crippen LogP contribution in [-0.2, 0) is 4.74 Å². The first-order chi connectivity index (χ1) is 11.7. The van der Waals surface area contributed by atoms with Crippen LogP contribution >= 0.6 is 0 Å². The highest BCUT2D eigenvalue weighted by Gasteiger charge is 2.42. The number of amides is 1. The molecule has 4 rings (SSSR count). The molecule has 3 heterocycles. The minimum atomic E-state index is 0.0481. The second-order valence-corrected chi connectivity index (χ2v) is 7.50. The number of hydrogen-bond acceptors (Lipinski definition) is 4. The van der Waals surface area contributed by atoms with Crippen molar-refractivity contribution in [3.63, 3.8) is 0 Å². The average molecular weight is 329 g/mol. The Bertz CT molecular complexity index is 600. The third-order valence-corrected chi connectivity index (χ3v) is 5.88. The lowest BCUT2D eigenvalue weighted by Crippen LogP contribution is -2.52. The molecule has 2 atom stereocenters. The van der Waals surface area contributed by atoms with Crippen molar-refractivity contribution >= 4 is 5.91 Å². The minimum Gasteiger partial charge on any atom is -0.373 e. The highest BCUT2D eigenvalue weighted by atomic mass is 16.5. The van der Waals surface area contributed by atoms with Crippen LogP contribution in [0.25, 0.3) is 0 Å². The van der Waals surface area contributed by atoms with Gasteiger partial charge in [0.1, 0.15) is 5.69 Å². The van der Waals surface area contributed by atoms with E-state index in [4.69, 9.17) is 4.74 Å². The molecule has 0 aromatic carbocycles. The fraction of sp³-hybridized carbons (Fsp3) is 0.684. The van der Waals surface area contributed by atoms with Gasteiger partial charge in [0, 0.05) is 32.4 Å². The van der Waals surface area contributed by atoms with Crippen molar-refractivity contribution in [3.8, 4) is 0 Å². The smallest absolute Gasteiger partial charge is 0.272 e. The zero-order valence-corrected chi connectivity index (χ0v) is 14.5. The van der Waals surface area contributed by atoms with E-state index in [9.17, 15) is 4.79 Å². The summed E-state index contributed by atoms with van der Waals surface area (Å²) < 4.78 is 5.99. The number of ether oxygens (including phenoxy) is 1. The number of carbonyl (C=O) groups is 1. The summed E-state index contributed by atoms with van der Waals surface area (Å²) in [6.07, 6.45) is 7.36. The van der Waals surface area contributed by atoms with Gasteiger partial charge in [-0.1, -0.05) is 18.9 Å². The zero-order valence-electron chi connectivity index (χ0n) is 14.5. The summed E-state index contributed by atoms with van der Waals surface area (Å²) in [5.41, 5.74) is 1.53. The van der Waals surface area contributed by atoms with Crippen LogP contribution in [0.1, 0.15) is 41.7 Å². The van der Waals surface area contributed by atoms with Gasteiger partial charge in [-0.2, -0.15) is 0 Å². The van der Waals surface area contributed by atoms with E-state index in [0.29, 0.717) is 18.3 Å². The van der Waals surface area contributed by atoms with Gasteiger partial charge >= 0.3 is 0 Å². The maximum Gasteiger partial charge on any atom is 0.272 e. The maximum atomic E-state index is 12.9. The molecular formula is C19H27N3O2. The first-order valence-corrected chi connectivity index (χ1v) is 9.29. The molecule has 5 nitrogen and oxygen atoms in total. The first-order valence-electron chi connectivity index (χ1n) is 9.29. The summed E-state index contributed by atoms with van der Waals surface area (Å²) in [6, 6.07) is 4.18. The van der Waals surface area contributed by atoms with Gasteiger partial charge in [0.25, 0.3) is 5.91 Å². The highest BCUT2D eigenvalue weighted by molar-refractivity contribution is 5.93. The number of fused-ring (bicyclic) bond motifs is 1. The van der Waals surface area contributed by atoms with Gasteiger partial charge in [0.2, 0.25) is 0 Å². The highest BCUT2D eigenvalue weighted by Crippen LogP contribution is 2.30. The molecule has 0 spiro atoms. The molecule has 1 aliphatic carbocycles. The molecule has 3 fully saturated rings. The SMILES string of the molecule is Cc1cccnc1C(=O)N1C[C@@H]2OCCN(CC3CCCC3)[C@H]2C1. The summed E-state index contributed by atoms with van der Waals surface area (Å²) in [6.45, 7) is 6.38. The molecule has 1 saturated carbocycles. The van der Waals surface area contributed by atoms with Gasteiger partial charge in [-0.15, -0.1) is 0 Å². The van der Waals surface area contributed by atoms with Crippen LogP contribution in [0.2, 0.25) is 0 Å². The number of aryl methyl sites for hydroxylation is 1. The van der Waals surface area contributed by atoms with Crippen LogP contribution in [0.4, 0.5) is 0 Å². The number of carbonyl (C=O) groups excluding carboxylic acids is 1.